The lowest BCUT2D eigenvalue weighted by atomic mass is 9.76. The van der Waals surface area contributed by atoms with Crippen LogP contribution in [0.3, 0.4) is 0 Å². The van der Waals surface area contributed by atoms with E-state index >= 15 is 0 Å². The van der Waals surface area contributed by atoms with E-state index in [0.717, 1.165) is 42.9 Å². The number of benzene rings is 1. The molecule has 2 amide bonds. The molecule has 166 valence electrons. The Balaban J connectivity index is 1.36. The zero-order valence-corrected chi connectivity index (χ0v) is 18.4. The van der Waals surface area contributed by atoms with Gasteiger partial charge in [-0.3, -0.25) is 4.68 Å². The van der Waals surface area contributed by atoms with Crippen LogP contribution in [0.5, 0.6) is 5.75 Å². The minimum Gasteiger partial charge on any atom is -0.482 e. The predicted molar refractivity (Wildman–Crippen MR) is 122 cm³/mol. The fourth-order valence-corrected chi connectivity index (χ4v) is 4.69. The zero-order valence-electron chi connectivity index (χ0n) is 18.4. The smallest absolute Gasteiger partial charge is 0.317 e. The second-order valence-electron chi connectivity index (χ2n) is 8.64. The van der Waals surface area contributed by atoms with Gasteiger partial charge in [0.25, 0.3) is 0 Å². The maximum atomic E-state index is 12.1. The van der Waals surface area contributed by atoms with E-state index in [-0.39, 0.29) is 17.6 Å². The third-order valence-electron chi connectivity index (χ3n) is 6.48. The quantitative estimate of drug-likeness (QED) is 0.644. The normalized spacial score (nSPS) is 17.0. The topological polar surface area (TPSA) is 98.3 Å². The monoisotopic (exact) mass is 432 g/mol. The van der Waals surface area contributed by atoms with E-state index in [2.05, 4.69) is 21.0 Å². The van der Waals surface area contributed by atoms with E-state index in [0.29, 0.717) is 18.1 Å². The van der Waals surface area contributed by atoms with Crippen molar-refractivity contribution >= 4 is 11.8 Å². The molecule has 1 saturated heterocycles. The number of urea groups is 1. The number of likely N-dealkylation sites (tertiary alicyclic amines) is 1. The van der Waals surface area contributed by atoms with Crippen LogP contribution in [-0.2, 0) is 12.0 Å². The molecule has 8 nitrogen and oxygen atoms in total. The fourth-order valence-electron chi connectivity index (χ4n) is 4.69. The molecule has 4 heterocycles. The van der Waals surface area contributed by atoms with Crippen molar-refractivity contribution in [2.24, 2.45) is 0 Å². The first-order valence-electron chi connectivity index (χ1n) is 11.1. The number of nitrogens with two attached hydrogens (primary N) is 1. The predicted octanol–water partition coefficient (Wildman–Crippen LogP) is 3.35. The van der Waals surface area contributed by atoms with Gasteiger partial charge >= 0.3 is 6.03 Å². The summed E-state index contributed by atoms with van der Waals surface area (Å²) >= 11 is 0. The molecule has 2 aliphatic rings. The number of nitrogens with zero attached hydrogens (tertiary/aromatic N) is 4. The van der Waals surface area contributed by atoms with Crippen LogP contribution in [0.1, 0.15) is 37.6 Å². The zero-order chi connectivity index (χ0) is 22.3. The molecule has 2 aromatic heterocycles. The Morgan fingerprint density at radius 3 is 2.81 bits per heavy atom. The minimum absolute atomic E-state index is 0.00127. The molecule has 0 unspecified atom stereocenters. The molecule has 0 saturated carbocycles. The summed E-state index contributed by atoms with van der Waals surface area (Å²) in [5, 5.41) is 7.69. The lowest BCUT2D eigenvalue weighted by Crippen LogP contribution is -2.62. The van der Waals surface area contributed by atoms with Gasteiger partial charge < -0.3 is 20.7 Å². The van der Waals surface area contributed by atoms with Crippen molar-refractivity contribution in [1.82, 2.24) is 25.0 Å². The van der Waals surface area contributed by atoms with Crippen LogP contribution in [0.2, 0.25) is 0 Å². The summed E-state index contributed by atoms with van der Waals surface area (Å²) < 4.78 is 8.20. The highest BCUT2D eigenvalue weighted by Crippen LogP contribution is 2.44. The Hall–Kier alpha value is -3.55. The summed E-state index contributed by atoms with van der Waals surface area (Å²) in [7, 11) is 0. The number of rotatable bonds is 5. The molecule has 0 aliphatic carbocycles. The number of hydrogen-bond donors (Lipinski definition) is 2. The van der Waals surface area contributed by atoms with E-state index in [4.69, 9.17) is 15.6 Å². The Morgan fingerprint density at radius 2 is 2.06 bits per heavy atom. The van der Waals surface area contributed by atoms with Crippen LogP contribution >= 0.6 is 0 Å². The summed E-state index contributed by atoms with van der Waals surface area (Å²) in [6.07, 6.45) is 2.59. The maximum absolute atomic E-state index is 12.1. The number of anilines is 1. The number of amides is 2. The number of ether oxygens (including phenoxy) is 1. The molecule has 32 heavy (non-hydrogen) atoms. The molecule has 1 fully saturated rings. The Bertz CT molecular complexity index is 1140. The van der Waals surface area contributed by atoms with E-state index in [1.165, 1.54) is 5.69 Å². The second-order valence-corrected chi connectivity index (χ2v) is 8.64. The molecule has 0 radical (unpaired) electrons. The fraction of sp³-hybridized carbons (Fsp3) is 0.375. The molecule has 1 aromatic carbocycles. The average molecular weight is 433 g/mol. The molecule has 8 heteroatoms. The number of aromatic nitrogens is 3. The number of hydrogen-bond acceptors (Lipinski definition) is 5. The number of fused-ring (bicyclic) bond motifs is 2. The van der Waals surface area contributed by atoms with Crippen molar-refractivity contribution in [3.63, 3.8) is 0 Å². The summed E-state index contributed by atoms with van der Waals surface area (Å²) in [5.41, 5.74) is 10.1. The first-order valence-corrected chi connectivity index (χ1v) is 11.1. The number of pyridine rings is 1. The summed E-state index contributed by atoms with van der Waals surface area (Å²) in [5.74, 6) is 0.907. The van der Waals surface area contributed by atoms with Crippen molar-refractivity contribution < 1.29 is 9.53 Å². The van der Waals surface area contributed by atoms with E-state index < -0.39 is 0 Å². The molecular weight excluding hydrogens is 404 g/mol. The van der Waals surface area contributed by atoms with Crippen LogP contribution < -0.4 is 15.8 Å². The molecule has 2 aliphatic heterocycles. The summed E-state index contributed by atoms with van der Waals surface area (Å²) in [6, 6.07) is 14.1. The van der Waals surface area contributed by atoms with Gasteiger partial charge in [0.05, 0.1) is 5.69 Å². The van der Waals surface area contributed by atoms with Crippen LogP contribution in [0.25, 0.3) is 11.3 Å². The highest BCUT2D eigenvalue weighted by Gasteiger charge is 2.51. The number of carbonyl (C=O) groups excluding carboxylic acids is 1. The molecule has 1 atom stereocenters. The minimum atomic E-state index is -0.152. The van der Waals surface area contributed by atoms with Gasteiger partial charge in [-0.2, -0.15) is 5.10 Å². The highest BCUT2D eigenvalue weighted by atomic mass is 16.5. The largest absolute Gasteiger partial charge is 0.482 e. The van der Waals surface area contributed by atoms with Gasteiger partial charge in [0.1, 0.15) is 6.10 Å². The van der Waals surface area contributed by atoms with Gasteiger partial charge in [-0.05, 0) is 38.0 Å². The van der Waals surface area contributed by atoms with Gasteiger partial charge in [0, 0.05) is 49.0 Å². The molecular formula is C24H28N6O2. The van der Waals surface area contributed by atoms with Gasteiger partial charge in [-0.1, -0.05) is 30.3 Å². The first kappa shape index (κ1) is 20.4. The van der Waals surface area contributed by atoms with Crippen molar-refractivity contribution in [3.05, 3.63) is 59.9 Å². The maximum Gasteiger partial charge on any atom is 0.317 e. The Labute approximate surface area is 187 Å². The van der Waals surface area contributed by atoms with Crippen LogP contribution in [0, 0.1) is 0 Å². The SMILES string of the molecule is CCNC(=O)N1CC2(CCn3nc(-c4cnc(N)c(O[C@@H](C)c5ccccc5)c4)cc32)C1. The average Bonchev–Trinajstić information content (AvgIpc) is 3.34. The van der Waals surface area contributed by atoms with Crippen LogP contribution in [0.15, 0.2) is 48.7 Å². The summed E-state index contributed by atoms with van der Waals surface area (Å²) in [6.45, 7) is 6.88. The standard InChI is InChI=1S/C24H28N6O2/c1-3-26-23(31)29-14-24(15-29)9-10-30-21(24)12-19(28-30)18-11-20(22(25)27-13-18)32-16(2)17-7-5-4-6-8-17/h4-8,11-13,16H,3,9-10,14-15H2,1-2H3,(H2,25,27)(H,26,31)/t16-/m0/s1. The molecule has 0 bridgehead atoms. The van der Waals surface area contributed by atoms with Crippen molar-refractivity contribution in [2.45, 2.75) is 38.3 Å². The van der Waals surface area contributed by atoms with Crippen molar-refractivity contribution in [2.75, 3.05) is 25.4 Å². The van der Waals surface area contributed by atoms with E-state index in [9.17, 15) is 4.79 Å². The molecule has 5 rings (SSSR count). The number of aryl methyl sites for hydroxylation is 1. The molecule has 3 aromatic rings. The number of carbonyl (C=O) groups is 1. The number of nitrogens with one attached hydrogen (secondary N) is 1. The lowest BCUT2D eigenvalue weighted by molar-refractivity contribution is 0.0925. The highest BCUT2D eigenvalue weighted by molar-refractivity contribution is 5.76. The van der Waals surface area contributed by atoms with Crippen LogP contribution in [-0.4, -0.2) is 45.3 Å². The van der Waals surface area contributed by atoms with Crippen LogP contribution in [0.4, 0.5) is 10.6 Å². The van der Waals surface area contributed by atoms with E-state index in [1.807, 2.05) is 55.1 Å². The van der Waals surface area contributed by atoms with E-state index in [1.54, 1.807) is 6.20 Å². The Morgan fingerprint density at radius 1 is 1.28 bits per heavy atom. The van der Waals surface area contributed by atoms with Gasteiger partial charge in [0.15, 0.2) is 11.6 Å². The third kappa shape index (κ3) is 3.45. The molecule has 3 N–H and O–H groups in total. The first-order chi connectivity index (χ1) is 15.5. The summed E-state index contributed by atoms with van der Waals surface area (Å²) in [4.78, 5) is 18.3. The van der Waals surface area contributed by atoms with Gasteiger partial charge in [-0.15, -0.1) is 0 Å². The van der Waals surface area contributed by atoms with Gasteiger partial charge in [-0.25, -0.2) is 9.78 Å². The Kier molecular flexibility index (Phi) is 5.00. The number of nitrogen functional groups attached to an aromatic ring is 1. The third-order valence-corrected chi connectivity index (χ3v) is 6.48. The molecule has 1 spiro atoms. The lowest BCUT2D eigenvalue weighted by Gasteiger charge is -2.47. The van der Waals surface area contributed by atoms with Gasteiger partial charge in [0.2, 0.25) is 0 Å². The van der Waals surface area contributed by atoms with Crippen molar-refractivity contribution in [3.8, 4) is 17.0 Å². The second kappa shape index (κ2) is 7.85. The van der Waals surface area contributed by atoms with Crippen molar-refractivity contribution in [1.29, 1.82) is 0 Å².